The molecule has 20 heavy (non-hydrogen) atoms. The molecule has 0 radical (unpaired) electrons. The molecule has 0 bridgehead atoms. The number of hydrogen-bond acceptors (Lipinski definition) is 4. The summed E-state index contributed by atoms with van der Waals surface area (Å²) >= 11 is 0. The molecule has 2 fully saturated rings. The highest BCUT2D eigenvalue weighted by atomic mass is 16.5. The average molecular weight is 283 g/mol. The van der Waals surface area contributed by atoms with Gasteiger partial charge in [-0.05, 0) is 59.0 Å². The standard InChI is InChI=1S/C15H29N3O2/c1-15(17-2,14(16)19)8-3-4-9-18-10-11-20-13-7-5-6-12(13)18/h12-13,17H,3-11H2,1-2H3,(H2,16,19). The monoisotopic (exact) mass is 283 g/mol. The molecule has 0 aromatic carbocycles. The summed E-state index contributed by atoms with van der Waals surface area (Å²) in [6, 6.07) is 0.635. The molecule has 0 aromatic heterocycles. The Morgan fingerprint density at radius 3 is 2.95 bits per heavy atom. The number of amides is 1. The number of morpholine rings is 1. The molecule has 3 unspecified atom stereocenters. The van der Waals surface area contributed by atoms with Crippen molar-refractivity contribution in [2.45, 2.75) is 63.1 Å². The van der Waals surface area contributed by atoms with Crippen LogP contribution in [0.1, 0.15) is 45.4 Å². The summed E-state index contributed by atoms with van der Waals surface area (Å²) in [5, 5.41) is 3.05. The fourth-order valence-corrected chi connectivity index (χ4v) is 3.45. The van der Waals surface area contributed by atoms with Crippen LogP contribution in [0, 0.1) is 0 Å². The van der Waals surface area contributed by atoms with Gasteiger partial charge in [0.2, 0.25) is 5.91 Å². The molecule has 1 aliphatic carbocycles. The van der Waals surface area contributed by atoms with E-state index in [4.69, 9.17) is 10.5 Å². The number of ether oxygens (including phenoxy) is 1. The van der Waals surface area contributed by atoms with Gasteiger partial charge in [0.25, 0.3) is 0 Å². The molecule has 1 heterocycles. The van der Waals surface area contributed by atoms with Gasteiger partial charge in [0, 0.05) is 12.6 Å². The van der Waals surface area contributed by atoms with Crippen molar-refractivity contribution in [3.8, 4) is 0 Å². The number of rotatable bonds is 7. The molecule has 3 atom stereocenters. The van der Waals surface area contributed by atoms with E-state index in [2.05, 4.69) is 10.2 Å². The van der Waals surface area contributed by atoms with Gasteiger partial charge >= 0.3 is 0 Å². The van der Waals surface area contributed by atoms with E-state index in [-0.39, 0.29) is 5.91 Å². The number of carbonyl (C=O) groups is 1. The van der Waals surface area contributed by atoms with E-state index in [1.807, 2.05) is 6.92 Å². The zero-order valence-corrected chi connectivity index (χ0v) is 12.9. The van der Waals surface area contributed by atoms with Crippen LogP contribution in [0.4, 0.5) is 0 Å². The fourth-order valence-electron chi connectivity index (χ4n) is 3.45. The van der Waals surface area contributed by atoms with Crippen LogP contribution in [0.25, 0.3) is 0 Å². The topological polar surface area (TPSA) is 67.6 Å². The number of nitrogens with zero attached hydrogens (tertiary/aromatic N) is 1. The molecule has 0 spiro atoms. The Kier molecular flexibility index (Phi) is 5.41. The Morgan fingerprint density at radius 1 is 1.45 bits per heavy atom. The molecule has 1 amide bonds. The normalized spacial score (nSPS) is 29.9. The summed E-state index contributed by atoms with van der Waals surface area (Å²) in [5.74, 6) is -0.262. The van der Waals surface area contributed by atoms with Crippen LogP contribution in [0.15, 0.2) is 0 Å². The fraction of sp³-hybridized carbons (Fsp3) is 0.933. The second kappa shape index (κ2) is 6.87. The molecule has 5 nitrogen and oxygen atoms in total. The molecule has 3 N–H and O–H groups in total. The van der Waals surface area contributed by atoms with Crippen molar-refractivity contribution in [2.24, 2.45) is 5.73 Å². The lowest BCUT2D eigenvalue weighted by Crippen LogP contribution is -2.51. The van der Waals surface area contributed by atoms with E-state index in [1.165, 1.54) is 19.3 Å². The predicted octanol–water partition coefficient (Wildman–Crippen LogP) is 0.873. The first-order valence-corrected chi connectivity index (χ1v) is 7.91. The largest absolute Gasteiger partial charge is 0.375 e. The number of nitrogens with two attached hydrogens (primary N) is 1. The maximum absolute atomic E-state index is 11.4. The molecule has 1 aliphatic heterocycles. The number of nitrogens with one attached hydrogen (secondary N) is 1. The van der Waals surface area contributed by atoms with Crippen molar-refractivity contribution in [3.05, 3.63) is 0 Å². The summed E-state index contributed by atoms with van der Waals surface area (Å²) in [4.78, 5) is 14.0. The summed E-state index contributed by atoms with van der Waals surface area (Å²) in [5.41, 5.74) is 4.88. The molecule has 2 rings (SSSR count). The van der Waals surface area contributed by atoms with E-state index in [9.17, 15) is 4.79 Å². The average Bonchev–Trinajstić information content (AvgIpc) is 2.92. The highest BCUT2D eigenvalue weighted by molar-refractivity contribution is 5.84. The first kappa shape index (κ1) is 15.7. The van der Waals surface area contributed by atoms with Gasteiger partial charge in [0.05, 0.1) is 18.2 Å². The lowest BCUT2D eigenvalue weighted by atomic mass is 9.94. The van der Waals surface area contributed by atoms with Crippen molar-refractivity contribution in [1.82, 2.24) is 10.2 Å². The maximum atomic E-state index is 11.4. The first-order valence-electron chi connectivity index (χ1n) is 7.91. The van der Waals surface area contributed by atoms with Gasteiger partial charge in [-0.25, -0.2) is 0 Å². The zero-order valence-electron chi connectivity index (χ0n) is 12.9. The molecule has 0 aromatic rings. The summed E-state index contributed by atoms with van der Waals surface area (Å²) in [7, 11) is 1.80. The number of carbonyl (C=O) groups excluding carboxylic acids is 1. The zero-order chi connectivity index (χ0) is 14.6. The van der Waals surface area contributed by atoms with Crippen LogP contribution in [0.2, 0.25) is 0 Å². The Labute approximate surface area is 122 Å². The second-order valence-corrected chi connectivity index (χ2v) is 6.35. The molecule has 1 saturated heterocycles. The summed E-state index contributed by atoms with van der Waals surface area (Å²) < 4.78 is 5.83. The quantitative estimate of drug-likeness (QED) is 0.681. The smallest absolute Gasteiger partial charge is 0.237 e. The number of unbranched alkanes of at least 4 members (excludes halogenated alkanes) is 1. The molecule has 2 aliphatic rings. The van der Waals surface area contributed by atoms with Crippen molar-refractivity contribution in [2.75, 3.05) is 26.7 Å². The predicted molar refractivity (Wildman–Crippen MR) is 79.5 cm³/mol. The van der Waals surface area contributed by atoms with Gasteiger partial charge < -0.3 is 15.8 Å². The summed E-state index contributed by atoms with van der Waals surface area (Å²) in [6.45, 7) is 4.93. The van der Waals surface area contributed by atoms with Crippen LogP contribution in [0.5, 0.6) is 0 Å². The lowest BCUT2D eigenvalue weighted by molar-refractivity contribution is -0.123. The molecule has 116 valence electrons. The lowest BCUT2D eigenvalue weighted by Gasteiger charge is -2.37. The number of likely N-dealkylation sites (N-methyl/N-ethyl adjacent to an activating group) is 1. The third-order valence-corrected chi connectivity index (χ3v) is 5.06. The van der Waals surface area contributed by atoms with E-state index in [1.54, 1.807) is 7.05 Å². The van der Waals surface area contributed by atoms with Crippen LogP contribution in [-0.4, -0.2) is 55.2 Å². The minimum atomic E-state index is -0.569. The maximum Gasteiger partial charge on any atom is 0.237 e. The minimum absolute atomic E-state index is 0.262. The van der Waals surface area contributed by atoms with Crippen molar-refractivity contribution >= 4 is 5.91 Å². The Hall–Kier alpha value is -0.650. The van der Waals surface area contributed by atoms with Gasteiger partial charge in [-0.3, -0.25) is 9.69 Å². The van der Waals surface area contributed by atoms with Gasteiger partial charge in [0.15, 0.2) is 0 Å². The summed E-state index contributed by atoms with van der Waals surface area (Å²) in [6.07, 6.45) is 7.21. The molecule has 5 heteroatoms. The second-order valence-electron chi connectivity index (χ2n) is 6.35. The Balaban J connectivity index is 1.71. The number of hydrogen-bond donors (Lipinski definition) is 2. The highest BCUT2D eigenvalue weighted by Crippen LogP contribution is 2.29. The highest BCUT2D eigenvalue weighted by Gasteiger charge is 2.35. The van der Waals surface area contributed by atoms with Crippen LogP contribution in [0.3, 0.4) is 0 Å². The van der Waals surface area contributed by atoms with E-state index in [0.717, 1.165) is 39.0 Å². The van der Waals surface area contributed by atoms with Gasteiger partial charge in [0.1, 0.15) is 0 Å². The Morgan fingerprint density at radius 2 is 2.25 bits per heavy atom. The molecule has 1 saturated carbocycles. The minimum Gasteiger partial charge on any atom is -0.375 e. The number of primary amides is 1. The van der Waals surface area contributed by atoms with Crippen molar-refractivity contribution < 1.29 is 9.53 Å². The van der Waals surface area contributed by atoms with Crippen LogP contribution < -0.4 is 11.1 Å². The Bertz CT molecular complexity index is 337. The SMILES string of the molecule is CNC(C)(CCCCN1CCOC2CCCC21)C(N)=O. The molecular formula is C15H29N3O2. The van der Waals surface area contributed by atoms with Crippen LogP contribution in [-0.2, 0) is 9.53 Å². The van der Waals surface area contributed by atoms with E-state index in [0.29, 0.717) is 12.1 Å². The van der Waals surface area contributed by atoms with E-state index >= 15 is 0 Å². The van der Waals surface area contributed by atoms with Crippen molar-refractivity contribution in [3.63, 3.8) is 0 Å². The van der Waals surface area contributed by atoms with Gasteiger partial charge in [-0.1, -0.05) is 0 Å². The third-order valence-electron chi connectivity index (χ3n) is 5.06. The van der Waals surface area contributed by atoms with Crippen molar-refractivity contribution in [1.29, 1.82) is 0 Å². The first-order chi connectivity index (χ1) is 9.57. The molecular weight excluding hydrogens is 254 g/mol. The third kappa shape index (κ3) is 3.51. The van der Waals surface area contributed by atoms with Crippen LogP contribution >= 0.6 is 0 Å². The van der Waals surface area contributed by atoms with E-state index < -0.39 is 5.54 Å². The van der Waals surface area contributed by atoms with Gasteiger partial charge in [-0.15, -0.1) is 0 Å². The van der Waals surface area contributed by atoms with Gasteiger partial charge in [-0.2, -0.15) is 0 Å². The number of fused-ring (bicyclic) bond motifs is 1.